The molecule has 0 aliphatic heterocycles. The van der Waals surface area contributed by atoms with Crippen molar-refractivity contribution in [1.29, 1.82) is 0 Å². The Morgan fingerprint density at radius 3 is 2.41 bits per heavy atom. The number of allylic oxidation sites excluding steroid dienone is 1. The van der Waals surface area contributed by atoms with Crippen LogP contribution in [0.4, 0.5) is 0 Å². The van der Waals surface area contributed by atoms with Gasteiger partial charge in [-0.1, -0.05) is 33.1 Å². The van der Waals surface area contributed by atoms with Gasteiger partial charge in [0, 0.05) is 0 Å². The van der Waals surface area contributed by atoms with Gasteiger partial charge in [-0.2, -0.15) is 0 Å². The van der Waals surface area contributed by atoms with E-state index >= 15 is 0 Å². The molecule has 3 nitrogen and oxygen atoms in total. The molecule has 0 saturated heterocycles. The largest absolute Gasteiger partial charge is 0.490 e. The Hall–Kier alpha value is -0.990. The predicted octanol–water partition coefficient (Wildman–Crippen LogP) is 3.69. The zero-order valence-electron chi connectivity index (χ0n) is 11.6. The number of unbranched alkanes of at least 4 members (excludes halogenated alkanes) is 2. The number of rotatable bonds is 9. The summed E-state index contributed by atoms with van der Waals surface area (Å²) < 4.78 is 10.0. The van der Waals surface area contributed by atoms with E-state index in [0.717, 1.165) is 12.8 Å². The molecule has 3 heteroatoms. The molecule has 1 unspecified atom stereocenters. The van der Waals surface area contributed by atoms with Gasteiger partial charge in [0.1, 0.15) is 0 Å². The minimum atomic E-state index is -0.357. The van der Waals surface area contributed by atoms with E-state index in [1.54, 1.807) is 6.92 Å². The summed E-state index contributed by atoms with van der Waals surface area (Å²) in [5, 5.41) is 0. The van der Waals surface area contributed by atoms with E-state index in [1.807, 2.05) is 6.08 Å². The van der Waals surface area contributed by atoms with Gasteiger partial charge in [-0.05, 0) is 31.8 Å². The Labute approximate surface area is 105 Å². The molecular formula is C14H26O3. The van der Waals surface area contributed by atoms with Gasteiger partial charge in [-0.15, -0.1) is 0 Å². The van der Waals surface area contributed by atoms with Crippen LogP contribution in [0.25, 0.3) is 0 Å². The Morgan fingerprint density at radius 1 is 1.24 bits per heavy atom. The average Bonchev–Trinajstić information content (AvgIpc) is 2.34. The van der Waals surface area contributed by atoms with Gasteiger partial charge in [0.05, 0.1) is 13.7 Å². The summed E-state index contributed by atoms with van der Waals surface area (Å²) in [6, 6.07) is 0. The third-order valence-corrected chi connectivity index (χ3v) is 2.79. The standard InChI is InChI=1S/C14H26O3/c1-5-8-9-10-12(6-2)11-13(16-4)14(15)17-7-3/h11-12H,5-10H2,1-4H3. The Morgan fingerprint density at radius 2 is 1.94 bits per heavy atom. The lowest BCUT2D eigenvalue weighted by atomic mass is 9.98. The van der Waals surface area contributed by atoms with E-state index in [9.17, 15) is 4.79 Å². The molecule has 0 bridgehead atoms. The van der Waals surface area contributed by atoms with Gasteiger partial charge in [0.25, 0.3) is 0 Å². The quantitative estimate of drug-likeness (QED) is 0.268. The first-order chi connectivity index (χ1) is 8.19. The van der Waals surface area contributed by atoms with Crippen molar-refractivity contribution in [3.05, 3.63) is 11.8 Å². The van der Waals surface area contributed by atoms with E-state index in [-0.39, 0.29) is 5.97 Å². The maximum absolute atomic E-state index is 11.5. The van der Waals surface area contributed by atoms with Gasteiger partial charge >= 0.3 is 5.97 Å². The molecule has 0 aromatic heterocycles. The fraction of sp³-hybridized carbons (Fsp3) is 0.786. The molecule has 0 rings (SSSR count). The maximum atomic E-state index is 11.5. The smallest absolute Gasteiger partial charge is 0.373 e. The van der Waals surface area contributed by atoms with E-state index in [1.165, 1.54) is 26.4 Å². The first-order valence-corrected chi connectivity index (χ1v) is 6.62. The number of hydrogen-bond donors (Lipinski definition) is 0. The minimum absolute atomic E-state index is 0.343. The molecule has 0 aliphatic rings. The number of ether oxygens (including phenoxy) is 2. The lowest BCUT2D eigenvalue weighted by Crippen LogP contribution is -2.11. The van der Waals surface area contributed by atoms with Gasteiger partial charge in [0.2, 0.25) is 5.76 Å². The molecule has 17 heavy (non-hydrogen) atoms. The highest BCUT2D eigenvalue weighted by atomic mass is 16.6. The van der Waals surface area contributed by atoms with Crippen LogP contribution >= 0.6 is 0 Å². The molecule has 0 spiro atoms. The van der Waals surface area contributed by atoms with Crippen LogP contribution in [-0.4, -0.2) is 19.7 Å². The molecule has 0 aromatic rings. The van der Waals surface area contributed by atoms with Crippen molar-refractivity contribution in [2.45, 2.75) is 52.9 Å². The van der Waals surface area contributed by atoms with Gasteiger partial charge < -0.3 is 9.47 Å². The summed E-state index contributed by atoms with van der Waals surface area (Å²) in [4.78, 5) is 11.5. The highest BCUT2D eigenvalue weighted by Gasteiger charge is 2.13. The van der Waals surface area contributed by atoms with E-state index in [2.05, 4.69) is 13.8 Å². The molecule has 0 aromatic carbocycles. The normalized spacial score (nSPS) is 13.3. The second-order valence-electron chi connectivity index (χ2n) is 4.12. The predicted molar refractivity (Wildman–Crippen MR) is 69.6 cm³/mol. The SMILES string of the molecule is CCCCCC(C=C(OC)C(=O)OCC)CC. The maximum Gasteiger partial charge on any atom is 0.373 e. The lowest BCUT2D eigenvalue weighted by Gasteiger charge is -2.12. The summed E-state index contributed by atoms with van der Waals surface area (Å²) in [7, 11) is 1.52. The van der Waals surface area contributed by atoms with Crippen LogP contribution in [0.3, 0.4) is 0 Å². The van der Waals surface area contributed by atoms with Crippen LogP contribution < -0.4 is 0 Å². The molecule has 1 atom stereocenters. The Bertz CT molecular complexity index is 234. The van der Waals surface area contributed by atoms with E-state index < -0.39 is 0 Å². The highest BCUT2D eigenvalue weighted by molar-refractivity contribution is 5.86. The van der Waals surface area contributed by atoms with Gasteiger partial charge in [-0.25, -0.2) is 4.79 Å². The second kappa shape index (κ2) is 10.2. The number of esters is 1. The van der Waals surface area contributed by atoms with Crippen LogP contribution in [0.15, 0.2) is 11.8 Å². The molecule has 0 N–H and O–H groups in total. The molecule has 0 saturated carbocycles. The van der Waals surface area contributed by atoms with Crippen LogP contribution in [0, 0.1) is 5.92 Å². The minimum Gasteiger partial charge on any atom is -0.490 e. The van der Waals surface area contributed by atoms with Crippen molar-refractivity contribution < 1.29 is 14.3 Å². The molecule has 0 radical (unpaired) electrons. The van der Waals surface area contributed by atoms with Crippen LogP contribution in [-0.2, 0) is 14.3 Å². The van der Waals surface area contributed by atoms with Crippen molar-refractivity contribution in [2.24, 2.45) is 5.92 Å². The van der Waals surface area contributed by atoms with E-state index in [0.29, 0.717) is 18.3 Å². The lowest BCUT2D eigenvalue weighted by molar-refractivity contribution is -0.142. The Balaban J connectivity index is 4.37. The zero-order chi connectivity index (χ0) is 13.1. The van der Waals surface area contributed by atoms with Crippen molar-refractivity contribution in [1.82, 2.24) is 0 Å². The monoisotopic (exact) mass is 242 g/mol. The number of methoxy groups -OCH3 is 1. The van der Waals surface area contributed by atoms with Gasteiger partial charge in [-0.3, -0.25) is 0 Å². The van der Waals surface area contributed by atoms with Crippen LogP contribution in [0.5, 0.6) is 0 Å². The molecule has 100 valence electrons. The van der Waals surface area contributed by atoms with Crippen LogP contribution in [0.2, 0.25) is 0 Å². The van der Waals surface area contributed by atoms with Crippen molar-refractivity contribution in [3.63, 3.8) is 0 Å². The summed E-state index contributed by atoms with van der Waals surface area (Å²) in [5.74, 6) is 0.389. The highest BCUT2D eigenvalue weighted by Crippen LogP contribution is 2.17. The third kappa shape index (κ3) is 7.03. The molecule has 0 aliphatic carbocycles. The number of carbonyl (C=O) groups is 1. The summed E-state index contributed by atoms with van der Waals surface area (Å²) in [6.07, 6.45) is 7.70. The third-order valence-electron chi connectivity index (χ3n) is 2.79. The van der Waals surface area contributed by atoms with Crippen molar-refractivity contribution in [2.75, 3.05) is 13.7 Å². The summed E-state index contributed by atoms with van der Waals surface area (Å²) in [6.45, 7) is 6.50. The van der Waals surface area contributed by atoms with Crippen molar-refractivity contribution >= 4 is 5.97 Å². The topological polar surface area (TPSA) is 35.5 Å². The van der Waals surface area contributed by atoms with Gasteiger partial charge in [0.15, 0.2) is 0 Å². The molecule has 0 amide bonds. The average molecular weight is 242 g/mol. The van der Waals surface area contributed by atoms with E-state index in [4.69, 9.17) is 9.47 Å². The summed E-state index contributed by atoms with van der Waals surface area (Å²) in [5.41, 5.74) is 0. The summed E-state index contributed by atoms with van der Waals surface area (Å²) >= 11 is 0. The fourth-order valence-corrected chi connectivity index (χ4v) is 1.70. The first kappa shape index (κ1) is 16.0. The molecular weight excluding hydrogens is 216 g/mol. The number of carbonyl (C=O) groups excluding carboxylic acids is 1. The van der Waals surface area contributed by atoms with Crippen LogP contribution in [0.1, 0.15) is 52.9 Å². The first-order valence-electron chi connectivity index (χ1n) is 6.62. The molecule has 0 fully saturated rings. The molecule has 0 heterocycles. The fourth-order valence-electron chi connectivity index (χ4n) is 1.70. The zero-order valence-corrected chi connectivity index (χ0v) is 11.6. The van der Waals surface area contributed by atoms with Crippen molar-refractivity contribution in [3.8, 4) is 0 Å². The second-order valence-corrected chi connectivity index (χ2v) is 4.12. The Kier molecular flexibility index (Phi) is 9.59. The number of hydrogen-bond acceptors (Lipinski definition) is 3.